The molecule has 0 radical (unpaired) electrons. The number of halogens is 1. The minimum absolute atomic E-state index is 0.0966. The third-order valence-electron chi connectivity index (χ3n) is 2.20. The summed E-state index contributed by atoms with van der Waals surface area (Å²) in [6.45, 7) is 0. The number of nitro groups is 1. The van der Waals surface area contributed by atoms with E-state index in [4.69, 9.17) is 10.5 Å². The van der Waals surface area contributed by atoms with Gasteiger partial charge in [0.15, 0.2) is 0 Å². The summed E-state index contributed by atoms with van der Waals surface area (Å²) in [5.41, 5.74) is 6.05. The second-order valence-corrected chi connectivity index (χ2v) is 4.46. The van der Waals surface area contributed by atoms with Crippen molar-refractivity contribution in [2.24, 2.45) is 0 Å². The first-order valence-electron chi connectivity index (χ1n) is 5.03. The molecule has 2 N–H and O–H groups in total. The van der Waals surface area contributed by atoms with E-state index < -0.39 is 4.92 Å². The molecule has 5 nitrogen and oxygen atoms in total. The first-order chi connectivity index (χ1) is 8.56. The molecule has 0 amide bonds. The maximum Gasteiger partial charge on any atom is 0.311 e. The Morgan fingerprint density at radius 3 is 2.67 bits per heavy atom. The van der Waals surface area contributed by atoms with Crippen LogP contribution < -0.4 is 10.5 Å². The minimum atomic E-state index is -0.492. The highest BCUT2D eigenvalue weighted by Crippen LogP contribution is 2.34. The van der Waals surface area contributed by atoms with Gasteiger partial charge in [0.05, 0.1) is 4.92 Å². The quantitative estimate of drug-likeness (QED) is 0.532. The van der Waals surface area contributed by atoms with Crippen molar-refractivity contribution in [3.63, 3.8) is 0 Å². The first kappa shape index (κ1) is 12.4. The number of nitrogens with zero attached hydrogens (tertiary/aromatic N) is 1. The van der Waals surface area contributed by atoms with Gasteiger partial charge in [0, 0.05) is 28.4 Å². The van der Waals surface area contributed by atoms with E-state index in [1.807, 2.05) is 0 Å². The molecule has 0 aromatic heterocycles. The average Bonchev–Trinajstić information content (AvgIpc) is 2.28. The van der Waals surface area contributed by atoms with Gasteiger partial charge in [-0.15, -0.1) is 0 Å². The van der Waals surface area contributed by atoms with Crippen molar-refractivity contribution in [3.8, 4) is 11.5 Å². The van der Waals surface area contributed by atoms with Crippen molar-refractivity contribution < 1.29 is 9.66 Å². The van der Waals surface area contributed by atoms with Crippen LogP contribution in [0.15, 0.2) is 46.9 Å². The molecule has 6 heteroatoms. The lowest BCUT2D eigenvalue weighted by molar-refractivity contribution is -0.385. The third-order valence-corrected chi connectivity index (χ3v) is 2.70. The van der Waals surface area contributed by atoms with Gasteiger partial charge in [-0.3, -0.25) is 10.1 Å². The predicted molar refractivity (Wildman–Crippen MR) is 71.7 cm³/mol. The Bertz CT molecular complexity index is 602. The van der Waals surface area contributed by atoms with Crippen molar-refractivity contribution in [3.05, 3.63) is 57.1 Å². The minimum Gasteiger partial charge on any atom is -0.450 e. The highest BCUT2D eigenvalue weighted by molar-refractivity contribution is 9.10. The van der Waals surface area contributed by atoms with Gasteiger partial charge in [-0.25, -0.2) is 0 Å². The van der Waals surface area contributed by atoms with Crippen molar-refractivity contribution in [1.29, 1.82) is 0 Å². The number of benzene rings is 2. The molecule has 0 atom stereocenters. The molecule has 0 heterocycles. The van der Waals surface area contributed by atoms with E-state index >= 15 is 0 Å². The van der Waals surface area contributed by atoms with E-state index in [0.29, 0.717) is 15.9 Å². The molecule has 0 fully saturated rings. The van der Waals surface area contributed by atoms with E-state index in [2.05, 4.69) is 15.9 Å². The summed E-state index contributed by atoms with van der Waals surface area (Å²) in [6, 6.07) is 11.2. The highest BCUT2D eigenvalue weighted by Gasteiger charge is 2.15. The Kier molecular flexibility index (Phi) is 3.47. The van der Waals surface area contributed by atoms with Crippen molar-refractivity contribution in [1.82, 2.24) is 0 Å². The van der Waals surface area contributed by atoms with Gasteiger partial charge in [-0.05, 0) is 18.2 Å². The first-order valence-corrected chi connectivity index (χ1v) is 5.83. The number of nitrogen functional groups attached to an aromatic ring is 1. The zero-order valence-electron chi connectivity index (χ0n) is 9.17. The lowest BCUT2D eigenvalue weighted by Crippen LogP contribution is -1.94. The van der Waals surface area contributed by atoms with Crippen LogP contribution in [0, 0.1) is 10.1 Å². The van der Waals surface area contributed by atoms with Gasteiger partial charge >= 0.3 is 5.69 Å². The molecular formula is C12H9BrN2O3. The van der Waals surface area contributed by atoms with Crippen molar-refractivity contribution >= 4 is 27.3 Å². The van der Waals surface area contributed by atoms with Crippen LogP contribution in [0.4, 0.5) is 11.4 Å². The van der Waals surface area contributed by atoms with Crippen LogP contribution in [-0.4, -0.2) is 4.92 Å². The molecule has 0 aliphatic carbocycles. The topological polar surface area (TPSA) is 78.4 Å². The maximum atomic E-state index is 10.9. The number of rotatable bonds is 3. The number of anilines is 1. The predicted octanol–water partition coefficient (Wildman–Crippen LogP) is 3.73. The molecular weight excluding hydrogens is 300 g/mol. The summed E-state index contributed by atoms with van der Waals surface area (Å²) in [7, 11) is 0. The van der Waals surface area contributed by atoms with Gasteiger partial charge in [-0.2, -0.15) is 0 Å². The third kappa shape index (κ3) is 2.78. The summed E-state index contributed by atoms with van der Waals surface area (Å²) in [6.07, 6.45) is 0. The summed E-state index contributed by atoms with van der Waals surface area (Å²) < 4.78 is 6.18. The van der Waals surface area contributed by atoms with Gasteiger partial charge < -0.3 is 10.5 Å². The summed E-state index contributed by atoms with van der Waals surface area (Å²) in [5, 5.41) is 10.9. The number of ether oxygens (including phenoxy) is 1. The molecule has 2 rings (SSSR count). The fourth-order valence-corrected chi connectivity index (χ4v) is 1.77. The van der Waals surface area contributed by atoms with Crippen LogP contribution in [0.1, 0.15) is 0 Å². The summed E-state index contributed by atoms with van der Waals surface area (Å²) >= 11 is 3.25. The van der Waals surface area contributed by atoms with E-state index in [9.17, 15) is 10.1 Å². The monoisotopic (exact) mass is 308 g/mol. The molecule has 0 aliphatic heterocycles. The smallest absolute Gasteiger partial charge is 0.311 e. The SMILES string of the molecule is Nc1cccc(Oc2cc(Br)ccc2[N+](=O)[O-])c1. The van der Waals surface area contributed by atoms with Crippen LogP contribution in [0.3, 0.4) is 0 Å². The average molecular weight is 309 g/mol. The van der Waals surface area contributed by atoms with Crippen LogP contribution in [-0.2, 0) is 0 Å². The Morgan fingerprint density at radius 1 is 1.22 bits per heavy atom. The van der Waals surface area contributed by atoms with Gasteiger partial charge in [0.25, 0.3) is 0 Å². The van der Waals surface area contributed by atoms with Crippen LogP contribution >= 0.6 is 15.9 Å². The Hall–Kier alpha value is -2.08. The van der Waals surface area contributed by atoms with Crippen molar-refractivity contribution in [2.45, 2.75) is 0 Å². The molecule has 0 bridgehead atoms. The highest BCUT2D eigenvalue weighted by atomic mass is 79.9. The zero-order valence-corrected chi connectivity index (χ0v) is 10.8. The molecule has 0 spiro atoms. The zero-order chi connectivity index (χ0) is 13.1. The normalized spacial score (nSPS) is 10.1. The van der Waals surface area contributed by atoms with E-state index in [1.165, 1.54) is 6.07 Å². The second kappa shape index (κ2) is 5.05. The Morgan fingerprint density at radius 2 is 2.00 bits per heavy atom. The molecule has 2 aromatic rings. The summed E-state index contributed by atoms with van der Waals surface area (Å²) in [4.78, 5) is 10.4. The molecule has 0 unspecified atom stereocenters. The standard InChI is InChI=1S/C12H9BrN2O3/c13-8-4-5-11(15(16)17)12(6-8)18-10-3-1-2-9(14)7-10/h1-7H,14H2. The molecule has 0 saturated carbocycles. The number of nitrogens with two attached hydrogens (primary N) is 1. The maximum absolute atomic E-state index is 10.9. The van der Waals surface area contributed by atoms with Crippen molar-refractivity contribution in [2.75, 3.05) is 5.73 Å². The number of nitro benzene ring substituents is 1. The Balaban J connectivity index is 2.39. The van der Waals surface area contributed by atoms with Crippen LogP contribution in [0.25, 0.3) is 0 Å². The van der Waals surface area contributed by atoms with Crippen LogP contribution in [0.2, 0.25) is 0 Å². The molecule has 0 aliphatic rings. The van der Waals surface area contributed by atoms with Gasteiger partial charge in [0.1, 0.15) is 5.75 Å². The van der Waals surface area contributed by atoms with E-state index in [1.54, 1.807) is 36.4 Å². The molecule has 2 aromatic carbocycles. The number of hydrogen-bond donors (Lipinski definition) is 1. The van der Waals surface area contributed by atoms with Crippen LogP contribution in [0.5, 0.6) is 11.5 Å². The fraction of sp³-hybridized carbons (Fsp3) is 0. The Labute approximate surface area is 111 Å². The molecule has 18 heavy (non-hydrogen) atoms. The van der Waals surface area contributed by atoms with E-state index in [-0.39, 0.29) is 11.4 Å². The lowest BCUT2D eigenvalue weighted by atomic mass is 10.3. The molecule has 0 saturated heterocycles. The largest absolute Gasteiger partial charge is 0.450 e. The summed E-state index contributed by atoms with van der Waals surface area (Å²) in [5.74, 6) is 0.621. The molecule has 92 valence electrons. The second-order valence-electron chi connectivity index (χ2n) is 3.54. The number of hydrogen-bond acceptors (Lipinski definition) is 4. The van der Waals surface area contributed by atoms with Gasteiger partial charge in [-0.1, -0.05) is 22.0 Å². The lowest BCUT2D eigenvalue weighted by Gasteiger charge is -2.07. The van der Waals surface area contributed by atoms with E-state index in [0.717, 1.165) is 0 Å². The van der Waals surface area contributed by atoms with Gasteiger partial charge in [0.2, 0.25) is 5.75 Å². The fourth-order valence-electron chi connectivity index (χ4n) is 1.43.